The van der Waals surface area contributed by atoms with E-state index in [2.05, 4.69) is 39.0 Å². The summed E-state index contributed by atoms with van der Waals surface area (Å²) in [5, 5.41) is 11.0. The molecule has 1 heterocycles. The fraction of sp³-hybridized carbons (Fsp3) is 0.391. The topological polar surface area (TPSA) is 98.2 Å². The van der Waals surface area contributed by atoms with E-state index in [1.165, 1.54) is 11.1 Å². The SMILES string of the molecule is CNCCNC1CCc2c(-c3noc(-c4ccc(OC(C)C)c(N)c4)n3)cccc21. The number of nitrogen functional groups attached to an aromatic ring is 1. The highest BCUT2D eigenvalue weighted by Crippen LogP contribution is 2.37. The molecule has 0 radical (unpaired) electrons. The van der Waals surface area contributed by atoms with Crippen LogP contribution in [0.4, 0.5) is 5.69 Å². The first-order valence-electron chi connectivity index (χ1n) is 10.5. The van der Waals surface area contributed by atoms with Crippen LogP contribution in [0.1, 0.15) is 37.4 Å². The molecule has 2 aromatic carbocycles. The fourth-order valence-electron chi connectivity index (χ4n) is 3.94. The number of benzene rings is 2. The van der Waals surface area contributed by atoms with E-state index < -0.39 is 0 Å². The quantitative estimate of drug-likeness (QED) is 0.388. The molecule has 0 bridgehead atoms. The lowest BCUT2D eigenvalue weighted by molar-refractivity contribution is 0.244. The number of aromatic nitrogens is 2. The van der Waals surface area contributed by atoms with E-state index in [0.29, 0.717) is 29.2 Å². The molecule has 1 aliphatic carbocycles. The molecule has 3 aromatic rings. The molecule has 0 amide bonds. The molecule has 0 saturated heterocycles. The van der Waals surface area contributed by atoms with Crippen molar-refractivity contribution >= 4 is 5.69 Å². The molecule has 0 aliphatic heterocycles. The minimum absolute atomic E-state index is 0.0601. The fourth-order valence-corrected chi connectivity index (χ4v) is 3.94. The molecule has 0 fully saturated rings. The predicted molar refractivity (Wildman–Crippen MR) is 118 cm³/mol. The normalized spacial score (nSPS) is 15.5. The minimum Gasteiger partial charge on any atom is -0.489 e. The summed E-state index contributed by atoms with van der Waals surface area (Å²) < 4.78 is 11.3. The van der Waals surface area contributed by atoms with Gasteiger partial charge in [0.05, 0.1) is 11.8 Å². The number of hydrogen-bond donors (Lipinski definition) is 3. The number of hydrogen-bond acceptors (Lipinski definition) is 7. The monoisotopic (exact) mass is 407 g/mol. The lowest BCUT2D eigenvalue weighted by Crippen LogP contribution is -2.27. The van der Waals surface area contributed by atoms with Crippen LogP contribution in [0, 0.1) is 0 Å². The number of anilines is 1. The van der Waals surface area contributed by atoms with Crippen molar-refractivity contribution in [1.29, 1.82) is 0 Å². The summed E-state index contributed by atoms with van der Waals surface area (Å²) in [7, 11) is 1.97. The van der Waals surface area contributed by atoms with Crippen molar-refractivity contribution in [2.24, 2.45) is 0 Å². The van der Waals surface area contributed by atoms with Crippen LogP contribution in [0.15, 0.2) is 40.9 Å². The van der Waals surface area contributed by atoms with E-state index in [-0.39, 0.29) is 6.10 Å². The second-order valence-electron chi connectivity index (χ2n) is 7.86. The van der Waals surface area contributed by atoms with Crippen molar-refractivity contribution in [3.63, 3.8) is 0 Å². The van der Waals surface area contributed by atoms with E-state index in [4.69, 9.17) is 15.0 Å². The lowest BCUT2D eigenvalue weighted by Gasteiger charge is -2.14. The van der Waals surface area contributed by atoms with Crippen molar-refractivity contribution in [3.05, 3.63) is 47.5 Å². The summed E-state index contributed by atoms with van der Waals surface area (Å²) in [6.45, 7) is 5.83. The van der Waals surface area contributed by atoms with Gasteiger partial charge in [0.2, 0.25) is 5.82 Å². The van der Waals surface area contributed by atoms with Crippen LogP contribution in [-0.2, 0) is 6.42 Å². The Balaban J connectivity index is 1.57. The van der Waals surface area contributed by atoms with Gasteiger partial charge in [-0.2, -0.15) is 4.98 Å². The van der Waals surface area contributed by atoms with Crippen LogP contribution < -0.4 is 21.1 Å². The van der Waals surface area contributed by atoms with Crippen molar-refractivity contribution in [3.8, 4) is 28.6 Å². The Hall–Kier alpha value is -2.90. The summed E-state index contributed by atoms with van der Waals surface area (Å²) in [6.07, 6.45) is 2.14. The van der Waals surface area contributed by atoms with Crippen LogP contribution in [0.2, 0.25) is 0 Å². The van der Waals surface area contributed by atoms with Crippen LogP contribution in [0.25, 0.3) is 22.8 Å². The summed E-state index contributed by atoms with van der Waals surface area (Å²) in [5.41, 5.74) is 11.1. The summed E-state index contributed by atoms with van der Waals surface area (Å²) >= 11 is 0. The third kappa shape index (κ3) is 4.17. The Morgan fingerprint density at radius 1 is 1.23 bits per heavy atom. The molecule has 4 N–H and O–H groups in total. The molecule has 30 heavy (non-hydrogen) atoms. The van der Waals surface area contributed by atoms with E-state index in [1.54, 1.807) is 0 Å². The van der Waals surface area contributed by atoms with Crippen LogP contribution in [-0.4, -0.2) is 36.4 Å². The first-order valence-corrected chi connectivity index (χ1v) is 10.5. The highest BCUT2D eigenvalue weighted by molar-refractivity contribution is 5.69. The number of nitrogens with two attached hydrogens (primary N) is 1. The Morgan fingerprint density at radius 2 is 2.10 bits per heavy atom. The number of nitrogens with zero attached hydrogens (tertiary/aromatic N) is 2. The molecule has 158 valence electrons. The molecule has 1 aromatic heterocycles. The first-order chi connectivity index (χ1) is 14.6. The second-order valence-corrected chi connectivity index (χ2v) is 7.86. The van der Waals surface area contributed by atoms with E-state index in [9.17, 15) is 0 Å². The Kier molecular flexibility index (Phi) is 6.01. The number of ether oxygens (including phenoxy) is 1. The van der Waals surface area contributed by atoms with Crippen LogP contribution in [0.5, 0.6) is 5.75 Å². The molecular weight excluding hydrogens is 378 g/mol. The highest BCUT2D eigenvalue weighted by atomic mass is 16.5. The summed E-state index contributed by atoms with van der Waals surface area (Å²) in [6, 6.07) is 12.2. The lowest BCUT2D eigenvalue weighted by atomic mass is 10.0. The maximum absolute atomic E-state index is 6.14. The predicted octanol–water partition coefficient (Wildman–Crippen LogP) is 3.57. The average Bonchev–Trinajstić information content (AvgIpc) is 3.37. The number of fused-ring (bicyclic) bond motifs is 1. The third-order valence-corrected chi connectivity index (χ3v) is 5.32. The maximum Gasteiger partial charge on any atom is 0.258 e. The molecule has 1 aliphatic rings. The maximum atomic E-state index is 6.14. The molecule has 7 nitrogen and oxygen atoms in total. The molecule has 1 atom stereocenters. The van der Waals surface area contributed by atoms with Crippen molar-refractivity contribution in [2.75, 3.05) is 25.9 Å². The van der Waals surface area contributed by atoms with Crippen LogP contribution >= 0.6 is 0 Å². The summed E-state index contributed by atoms with van der Waals surface area (Å²) in [4.78, 5) is 4.66. The smallest absolute Gasteiger partial charge is 0.258 e. The zero-order valence-electron chi connectivity index (χ0n) is 17.7. The van der Waals surface area contributed by atoms with Crippen LogP contribution in [0.3, 0.4) is 0 Å². The number of likely N-dealkylation sites (N-methyl/N-ethyl adjacent to an activating group) is 1. The first kappa shape index (κ1) is 20.4. The number of rotatable bonds is 8. The third-order valence-electron chi connectivity index (χ3n) is 5.32. The van der Waals surface area contributed by atoms with Gasteiger partial charge >= 0.3 is 0 Å². The van der Waals surface area contributed by atoms with Gasteiger partial charge in [0.1, 0.15) is 5.75 Å². The van der Waals surface area contributed by atoms with Gasteiger partial charge in [-0.25, -0.2) is 0 Å². The number of nitrogens with one attached hydrogen (secondary N) is 2. The molecule has 7 heteroatoms. The van der Waals surface area contributed by atoms with Crippen molar-refractivity contribution < 1.29 is 9.26 Å². The molecule has 0 spiro atoms. The van der Waals surface area contributed by atoms with Gasteiger partial charge in [0.25, 0.3) is 5.89 Å². The van der Waals surface area contributed by atoms with E-state index in [0.717, 1.165) is 37.1 Å². The van der Waals surface area contributed by atoms with E-state index in [1.807, 2.05) is 39.1 Å². The largest absolute Gasteiger partial charge is 0.489 e. The Morgan fingerprint density at radius 3 is 2.87 bits per heavy atom. The van der Waals surface area contributed by atoms with Gasteiger partial charge in [-0.15, -0.1) is 0 Å². The van der Waals surface area contributed by atoms with Gasteiger partial charge in [-0.3, -0.25) is 0 Å². The molecule has 1 unspecified atom stereocenters. The standard InChI is InChI=1S/C23H29N5O2/c1-14(2)29-21-10-7-15(13-19(21)24)23-27-22(28-30-23)18-6-4-5-17-16(18)8-9-20(17)26-12-11-25-3/h4-7,10,13-14,20,25-26H,8-9,11-12,24H2,1-3H3. The Labute approximate surface area is 177 Å². The second kappa shape index (κ2) is 8.85. The van der Waals surface area contributed by atoms with Crippen molar-refractivity contribution in [1.82, 2.24) is 20.8 Å². The zero-order valence-corrected chi connectivity index (χ0v) is 17.7. The zero-order chi connectivity index (χ0) is 21.1. The molecular formula is C23H29N5O2. The average molecular weight is 408 g/mol. The van der Waals surface area contributed by atoms with Gasteiger partial charge in [-0.1, -0.05) is 23.4 Å². The van der Waals surface area contributed by atoms with Gasteiger partial charge in [0, 0.05) is 30.3 Å². The minimum atomic E-state index is 0.0601. The molecule has 4 rings (SSSR count). The van der Waals surface area contributed by atoms with Gasteiger partial charge in [-0.05, 0) is 63.1 Å². The highest BCUT2D eigenvalue weighted by Gasteiger charge is 2.26. The Bertz CT molecular complexity index is 1010. The van der Waals surface area contributed by atoms with Crippen molar-refractivity contribution in [2.45, 2.75) is 38.8 Å². The molecule has 0 saturated carbocycles. The van der Waals surface area contributed by atoms with Gasteiger partial charge in [0.15, 0.2) is 0 Å². The van der Waals surface area contributed by atoms with Gasteiger partial charge < -0.3 is 25.6 Å². The van der Waals surface area contributed by atoms with E-state index >= 15 is 0 Å². The summed E-state index contributed by atoms with van der Waals surface area (Å²) in [5.74, 6) is 1.72.